The molecule has 5 heteroatoms. The van der Waals surface area contributed by atoms with Gasteiger partial charge >= 0.3 is 6.09 Å². The van der Waals surface area contributed by atoms with Crippen LogP contribution >= 0.6 is 0 Å². The van der Waals surface area contributed by atoms with Crippen molar-refractivity contribution in [1.29, 1.82) is 0 Å². The van der Waals surface area contributed by atoms with Gasteiger partial charge in [0.2, 0.25) is 0 Å². The highest BCUT2D eigenvalue weighted by Gasteiger charge is 2.26. The van der Waals surface area contributed by atoms with Crippen LogP contribution in [0.3, 0.4) is 0 Å². The summed E-state index contributed by atoms with van der Waals surface area (Å²) in [6, 6.07) is 5.56. The van der Waals surface area contributed by atoms with Crippen LogP contribution in [0.4, 0.5) is 4.79 Å². The summed E-state index contributed by atoms with van der Waals surface area (Å²) >= 11 is 0. The van der Waals surface area contributed by atoms with E-state index in [0.29, 0.717) is 30.3 Å². The van der Waals surface area contributed by atoms with Gasteiger partial charge in [-0.05, 0) is 29.5 Å². The number of allylic oxidation sites excluding steroid dienone is 1. The zero-order chi connectivity index (χ0) is 14.3. The Hall–Kier alpha value is -2.30. The second-order valence-corrected chi connectivity index (χ2v) is 5.38. The molecule has 0 spiro atoms. The number of nitrogens with one attached hydrogen (secondary N) is 1. The monoisotopic (exact) mass is 272 g/mol. The number of nitrogens with zero attached hydrogens (tertiary/aromatic N) is 1. The molecular formula is C15H16N2O3. The van der Waals surface area contributed by atoms with Crippen LogP contribution in [-0.2, 0) is 6.54 Å². The molecule has 2 heterocycles. The maximum atomic E-state index is 11.7. The third kappa shape index (κ3) is 2.05. The molecule has 0 bridgehead atoms. The smallest absolute Gasteiger partial charge is 0.411 e. The van der Waals surface area contributed by atoms with E-state index in [9.17, 15) is 14.7 Å². The largest absolute Gasteiger partial charge is 0.465 e. The van der Waals surface area contributed by atoms with Crippen LogP contribution in [-0.4, -0.2) is 28.6 Å². The quantitative estimate of drug-likeness (QED) is 0.824. The second kappa shape index (κ2) is 4.67. The molecule has 1 aromatic rings. The Morgan fingerprint density at radius 2 is 2.25 bits per heavy atom. The molecule has 2 aliphatic rings. The Morgan fingerprint density at radius 3 is 3.00 bits per heavy atom. The predicted molar refractivity (Wildman–Crippen MR) is 74.1 cm³/mol. The van der Waals surface area contributed by atoms with Gasteiger partial charge in [0, 0.05) is 18.7 Å². The summed E-state index contributed by atoms with van der Waals surface area (Å²) in [6.07, 6.45) is 1.84. The average molecular weight is 272 g/mol. The van der Waals surface area contributed by atoms with Crippen LogP contribution in [0, 0.1) is 5.92 Å². The molecule has 5 nitrogen and oxygen atoms in total. The SMILES string of the molecule is CC1CC=C(c2ccc3c(c2)C(=O)NC3)N(C(=O)O)C1. The van der Waals surface area contributed by atoms with E-state index in [1.165, 1.54) is 4.90 Å². The molecule has 0 saturated carbocycles. The minimum atomic E-state index is -0.951. The number of carbonyl (C=O) groups excluding carboxylic acids is 1. The first-order valence-corrected chi connectivity index (χ1v) is 6.68. The molecule has 1 atom stereocenters. The van der Waals surface area contributed by atoms with E-state index in [2.05, 4.69) is 5.32 Å². The van der Waals surface area contributed by atoms with Gasteiger partial charge in [-0.15, -0.1) is 0 Å². The highest BCUT2D eigenvalue weighted by molar-refractivity contribution is 5.99. The number of carboxylic acid groups (broad SMARTS) is 1. The maximum absolute atomic E-state index is 11.7. The average Bonchev–Trinajstić information content (AvgIpc) is 2.80. The number of carbonyl (C=O) groups is 2. The van der Waals surface area contributed by atoms with E-state index in [0.717, 1.165) is 17.5 Å². The van der Waals surface area contributed by atoms with Crippen molar-refractivity contribution in [2.75, 3.05) is 6.54 Å². The Labute approximate surface area is 116 Å². The number of fused-ring (bicyclic) bond motifs is 1. The molecule has 0 radical (unpaired) electrons. The van der Waals surface area contributed by atoms with Crippen molar-refractivity contribution < 1.29 is 14.7 Å². The van der Waals surface area contributed by atoms with Crippen LogP contribution in [0.5, 0.6) is 0 Å². The molecule has 20 heavy (non-hydrogen) atoms. The number of hydrogen-bond acceptors (Lipinski definition) is 2. The molecule has 104 valence electrons. The summed E-state index contributed by atoms with van der Waals surface area (Å²) in [6.45, 7) is 3.07. The van der Waals surface area contributed by atoms with E-state index < -0.39 is 6.09 Å². The highest BCUT2D eigenvalue weighted by atomic mass is 16.4. The predicted octanol–water partition coefficient (Wildman–Crippen LogP) is 2.29. The third-order valence-electron chi connectivity index (χ3n) is 3.82. The van der Waals surface area contributed by atoms with Gasteiger partial charge in [0.05, 0.1) is 5.70 Å². The van der Waals surface area contributed by atoms with Crippen LogP contribution in [0.15, 0.2) is 24.3 Å². The lowest BCUT2D eigenvalue weighted by Crippen LogP contribution is -2.34. The van der Waals surface area contributed by atoms with Crippen molar-refractivity contribution in [3.05, 3.63) is 41.0 Å². The van der Waals surface area contributed by atoms with Crippen molar-refractivity contribution in [2.24, 2.45) is 5.92 Å². The Bertz CT molecular complexity index is 622. The number of hydrogen-bond donors (Lipinski definition) is 2. The summed E-state index contributed by atoms with van der Waals surface area (Å²) in [5.74, 6) is 0.223. The fourth-order valence-corrected chi connectivity index (χ4v) is 2.73. The van der Waals surface area contributed by atoms with Gasteiger partial charge in [-0.25, -0.2) is 4.79 Å². The van der Waals surface area contributed by atoms with Crippen molar-refractivity contribution in [2.45, 2.75) is 19.9 Å². The van der Waals surface area contributed by atoms with Crippen molar-refractivity contribution in [1.82, 2.24) is 10.2 Å². The van der Waals surface area contributed by atoms with Crippen molar-refractivity contribution >= 4 is 17.7 Å². The zero-order valence-electron chi connectivity index (χ0n) is 11.2. The molecule has 0 saturated heterocycles. The van der Waals surface area contributed by atoms with Gasteiger partial charge in [-0.3, -0.25) is 9.69 Å². The number of rotatable bonds is 1. The molecule has 0 aliphatic carbocycles. The number of benzene rings is 1. The Morgan fingerprint density at radius 1 is 1.45 bits per heavy atom. The van der Waals surface area contributed by atoms with E-state index >= 15 is 0 Å². The fraction of sp³-hybridized carbons (Fsp3) is 0.333. The summed E-state index contributed by atoms with van der Waals surface area (Å²) in [7, 11) is 0. The molecule has 1 aromatic carbocycles. The maximum Gasteiger partial charge on any atom is 0.411 e. The van der Waals surface area contributed by atoms with E-state index in [4.69, 9.17) is 0 Å². The normalized spacial score (nSPS) is 21.2. The highest BCUT2D eigenvalue weighted by Crippen LogP contribution is 2.29. The lowest BCUT2D eigenvalue weighted by Gasteiger charge is -2.30. The van der Waals surface area contributed by atoms with E-state index in [1.807, 2.05) is 25.1 Å². The minimum Gasteiger partial charge on any atom is -0.465 e. The van der Waals surface area contributed by atoms with Gasteiger partial charge in [0.25, 0.3) is 5.91 Å². The Balaban J connectivity index is 2.01. The molecule has 2 aliphatic heterocycles. The second-order valence-electron chi connectivity index (χ2n) is 5.38. The zero-order valence-corrected chi connectivity index (χ0v) is 11.2. The lowest BCUT2D eigenvalue weighted by molar-refractivity contribution is 0.0965. The van der Waals surface area contributed by atoms with Crippen LogP contribution in [0.25, 0.3) is 5.70 Å². The third-order valence-corrected chi connectivity index (χ3v) is 3.82. The van der Waals surface area contributed by atoms with Gasteiger partial charge < -0.3 is 10.4 Å². The molecule has 1 unspecified atom stereocenters. The minimum absolute atomic E-state index is 0.0893. The Kier molecular flexibility index (Phi) is 2.97. The summed E-state index contributed by atoms with van der Waals surface area (Å²) in [4.78, 5) is 24.5. The van der Waals surface area contributed by atoms with Crippen LogP contribution in [0.1, 0.15) is 34.8 Å². The van der Waals surface area contributed by atoms with E-state index in [-0.39, 0.29) is 5.91 Å². The first-order valence-electron chi connectivity index (χ1n) is 6.68. The van der Waals surface area contributed by atoms with Gasteiger partial charge in [-0.2, -0.15) is 0 Å². The molecular weight excluding hydrogens is 256 g/mol. The van der Waals surface area contributed by atoms with Crippen LogP contribution in [0.2, 0.25) is 0 Å². The standard InChI is InChI=1S/C15H16N2O3/c1-9-2-5-13(17(8-9)15(19)20)10-3-4-11-7-16-14(18)12(11)6-10/h3-6,9H,2,7-8H2,1H3,(H,16,18)(H,19,20). The van der Waals surface area contributed by atoms with Crippen molar-refractivity contribution in [3.63, 3.8) is 0 Å². The topological polar surface area (TPSA) is 69.6 Å². The lowest BCUT2D eigenvalue weighted by atomic mass is 9.96. The summed E-state index contributed by atoms with van der Waals surface area (Å²) in [5.41, 5.74) is 3.07. The van der Waals surface area contributed by atoms with Crippen LogP contribution < -0.4 is 5.32 Å². The molecule has 0 aromatic heterocycles. The molecule has 2 N–H and O–H groups in total. The fourth-order valence-electron chi connectivity index (χ4n) is 2.73. The number of amides is 2. The molecule has 3 rings (SSSR count). The first-order chi connectivity index (χ1) is 9.56. The van der Waals surface area contributed by atoms with Gasteiger partial charge in [0.1, 0.15) is 0 Å². The van der Waals surface area contributed by atoms with Gasteiger partial charge in [0.15, 0.2) is 0 Å². The summed E-state index contributed by atoms with van der Waals surface area (Å²) < 4.78 is 0. The van der Waals surface area contributed by atoms with Crippen molar-refractivity contribution in [3.8, 4) is 0 Å². The van der Waals surface area contributed by atoms with E-state index in [1.54, 1.807) is 6.07 Å². The molecule has 2 amide bonds. The molecule has 0 fully saturated rings. The summed E-state index contributed by atoms with van der Waals surface area (Å²) in [5, 5.41) is 12.1. The van der Waals surface area contributed by atoms with Gasteiger partial charge in [-0.1, -0.05) is 25.1 Å². The first kappa shape index (κ1) is 12.7.